The van der Waals surface area contributed by atoms with E-state index in [1.807, 2.05) is 20.8 Å². The molecule has 0 radical (unpaired) electrons. The smallest absolute Gasteiger partial charge is 0.0689 e. The minimum absolute atomic E-state index is 0.247. The van der Waals surface area contributed by atoms with E-state index in [9.17, 15) is 5.11 Å². The highest BCUT2D eigenvalue weighted by molar-refractivity contribution is 5.10. The summed E-state index contributed by atoms with van der Waals surface area (Å²) in [6.45, 7) is 7.65. The maximum Gasteiger partial charge on any atom is 0.0689 e. The largest absolute Gasteiger partial charge is 0.390 e. The van der Waals surface area contributed by atoms with E-state index in [0.29, 0.717) is 12.8 Å². The predicted octanol–water partition coefficient (Wildman–Crippen LogP) is 2.09. The second-order valence-corrected chi connectivity index (χ2v) is 3.52. The zero-order valence-electron chi connectivity index (χ0n) is 7.81. The summed E-state index contributed by atoms with van der Waals surface area (Å²) in [7, 11) is 0. The summed E-state index contributed by atoms with van der Waals surface area (Å²) in [6, 6.07) is 2.17. The van der Waals surface area contributed by atoms with Crippen LogP contribution < -0.4 is 0 Å². The Labute approximate surface area is 68.8 Å². The Morgan fingerprint density at radius 3 is 1.73 bits per heavy atom. The predicted molar refractivity (Wildman–Crippen MR) is 44.9 cm³/mol. The maximum absolute atomic E-state index is 9.23. The number of nitrogens with zero attached hydrogens (tertiary/aromatic N) is 1. The molecule has 2 heteroatoms. The summed E-state index contributed by atoms with van der Waals surface area (Å²) in [5.41, 5.74) is -0.812. The fourth-order valence-corrected chi connectivity index (χ4v) is 1.71. The van der Waals surface area contributed by atoms with Gasteiger partial charge in [-0.15, -0.1) is 0 Å². The second-order valence-electron chi connectivity index (χ2n) is 3.52. The van der Waals surface area contributed by atoms with Gasteiger partial charge in [-0.25, -0.2) is 0 Å². The molecule has 0 unspecified atom stereocenters. The van der Waals surface area contributed by atoms with Crippen molar-refractivity contribution in [2.45, 2.75) is 46.1 Å². The number of nitriles is 1. The van der Waals surface area contributed by atoms with E-state index in [4.69, 9.17) is 5.26 Å². The number of hydrogen-bond donors (Lipinski definition) is 1. The molecule has 1 aliphatic rings. The molecule has 0 amide bonds. The summed E-state index contributed by atoms with van der Waals surface area (Å²) >= 11 is 0. The van der Waals surface area contributed by atoms with Gasteiger partial charge in [-0.3, -0.25) is 0 Å². The van der Waals surface area contributed by atoms with Gasteiger partial charge in [0.25, 0.3) is 0 Å². The Morgan fingerprint density at radius 2 is 1.64 bits per heavy atom. The lowest BCUT2D eigenvalue weighted by atomic mass is 9.62. The van der Waals surface area contributed by atoms with Crippen LogP contribution in [0.4, 0.5) is 0 Å². The molecule has 0 spiro atoms. The van der Waals surface area contributed by atoms with Crippen LogP contribution in [0.25, 0.3) is 0 Å². The Bertz CT molecular complexity index is 159. The van der Waals surface area contributed by atoms with Crippen molar-refractivity contribution in [3.8, 4) is 6.07 Å². The molecule has 0 saturated heterocycles. The third-order valence-corrected chi connectivity index (χ3v) is 1.81. The molecule has 1 aliphatic carbocycles. The first-order valence-electron chi connectivity index (χ1n) is 4.11. The molecule has 1 fully saturated rings. The van der Waals surface area contributed by atoms with Gasteiger partial charge in [-0.2, -0.15) is 5.26 Å². The van der Waals surface area contributed by atoms with Gasteiger partial charge in [0.05, 0.1) is 17.1 Å². The number of aliphatic hydroxyl groups is 1. The maximum atomic E-state index is 9.23. The highest BCUT2D eigenvalue weighted by atomic mass is 16.3. The van der Waals surface area contributed by atoms with Crippen LogP contribution in [-0.2, 0) is 0 Å². The quantitative estimate of drug-likeness (QED) is 0.582. The molecule has 0 aromatic carbocycles. The van der Waals surface area contributed by atoms with Crippen LogP contribution in [0.3, 0.4) is 0 Å². The third kappa shape index (κ3) is 2.51. The van der Waals surface area contributed by atoms with Gasteiger partial charge < -0.3 is 5.11 Å². The Morgan fingerprint density at radius 1 is 1.27 bits per heavy atom. The first kappa shape index (κ1) is 10.4. The summed E-state index contributed by atoms with van der Waals surface area (Å²) in [6.07, 6.45) is 1.24. The molecule has 1 N–H and O–H groups in total. The monoisotopic (exact) mass is 155 g/mol. The molecule has 0 atom stereocenters. The van der Waals surface area contributed by atoms with Crippen molar-refractivity contribution in [3.05, 3.63) is 0 Å². The molecular formula is C9H17NO. The van der Waals surface area contributed by atoms with E-state index < -0.39 is 5.60 Å². The molecule has 0 bridgehead atoms. The van der Waals surface area contributed by atoms with Crippen LogP contribution in [0.5, 0.6) is 0 Å². The average Bonchev–Trinajstić information content (AvgIpc) is 1.88. The van der Waals surface area contributed by atoms with Crippen molar-refractivity contribution in [2.24, 2.45) is 5.41 Å². The summed E-state index contributed by atoms with van der Waals surface area (Å²) in [5, 5.41) is 17.7. The number of hydrogen-bond acceptors (Lipinski definition) is 2. The summed E-state index contributed by atoms with van der Waals surface area (Å²) < 4.78 is 0. The lowest BCUT2D eigenvalue weighted by Gasteiger charge is -2.44. The molecule has 64 valence electrons. The molecule has 0 heterocycles. The van der Waals surface area contributed by atoms with Crippen LogP contribution in [-0.4, -0.2) is 10.7 Å². The molecule has 1 rings (SSSR count). The van der Waals surface area contributed by atoms with Crippen LogP contribution >= 0.6 is 0 Å². The molecule has 11 heavy (non-hydrogen) atoms. The SMILES string of the molecule is CC.CC1(O)CC(C)(C#N)C1. The van der Waals surface area contributed by atoms with Crippen LogP contribution in [0.1, 0.15) is 40.5 Å². The van der Waals surface area contributed by atoms with Gasteiger partial charge >= 0.3 is 0 Å². The van der Waals surface area contributed by atoms with Gasteiger partial charge in [0, 0.05) is 0 Å². The van der Waals surface area contributed by atoms with Crippen molar-refractivity contribution < 1.29 is 5.11 Å². The molecule has 0 aliphatic heterocycles. The van der Waals surface area contributed by atoms with Gasteiger partial charge in [-0.1, -0.05) is 13.8 Å². The first-order valence-corrected chi connectivity index (χ1v) is 4.11. The highest BCUT2D eigenvalue weighted by Gasteiger charge is 2.47. The fraction of sp³-hybridized carbons (Fsp3) is 0.889. The van der Waals surface area contributed by atoms with E-state index >= 15 is 0 Å². The Kier molecular flexibility index (Phi) is 3.07. The van der Waals surface area contributed by atoms with Crippen LogP contribution in [0, 0.1) is 16.7 Å². The van der Waals surface area contributed by atoms with E-state index in [0.717, 1.165) is 0 Å². The van der Waals surface area contributed by atoms with E-state index in [2.05, 4.69) is 6.07 Å². The topological polar surface area (TPSA) is 44.0 Å². The Balaban J connectivity index is 0.000000461. The van der Waals surface area contributed by atoms with Crippen molar-refractivity contribution in [2.75, 3.05) is 0 Å². The minimum Gasteiger partial charge on any atom is -0.390 e. The number of rotatable bonds is 0. The molecular weight excluding hydrogens is 138 g/mol. The average molecular weight is 155 g/mol. The van der Waals surface area contributed by atoms with Gasteiger partial charge in [0.15, 0.2) is 0 Å². The van der Waals surface area contributed by atoms with Crippen molar-refractivity contribution >= 4 is 0 Å². The van der Waals surface area contributed by atoms with Gasteiger partial charge in [0.2, 0.25) is 0 Å². The van der Waals surface area contributed by atoms with Crippen LogP contribution in [0.2, 0.25) is 0 Å². The lowest BCUT2D eigenvalue weighted by molar-refractivity contribution is -0.0804. The Hall–Kier alpha value is -0.550. The zero-order valence-corrected chi connectivity index (χ0v) is 7.81. The van der Waals surface area contributed by atoms with E-state index in [-0.39, 0.29) is 5.41 Å². The normalized spacial score (nSPS) is 41.1. The van der Waals surface area contributed by atoms with Crippen LogP contribution in [0.15, 0.2) is 0 Å². The molecule has 2 nitrogen and oxygen atoms in total. The van der Waals surface area contributed by atoms with Gasteiger partial charge in [0.1, 0.15) is 0 Å². The third-order valence-electron chi connectivity index (χ3n) is 1.81. The van der Waals surface area contributed by atoms with E-state index in [1.54, 1.807) is 6.92 Å². The first-order chi connectivity index (χ1) is 4.97. The van der Waals surface area contributed by atoms with Crippen molar-refractivity contribution in [1.82, 2.24) is 0 Å². The molecule has 1 saturated carbocycles. The lowest BCUT2D eigenvalue weighted by Crippen LogP contribution is -2.47. The molecule has 0 aromatic heterocycles. The summed E-state index contributed by atoms with van der Waals surface area (Å²) in [4.78, 5) is 0. The summed E-state index contributed by atoms with van der Waals surface area (Å²) in [5.74, 6) is 0. The second kappa shape index (κ2) is 3.23. The highest BCUT2D eigenvalue weighted by Crippen LogP contribution is 2.47. The molecule has 0 aromatic rings. The van der Waals surface area contributed by atoms with Crippen molar-refractivity contribution in [3.63, 3.8) is 0 Å². The van der Waals surface area contributed by atoms with Crippen molar-refractivity contribution in [1.29, 1.82) is 5.26 Å². The minimum atomic E-state index is -0.565. The standard InChI is InChI=1S/C7H11NO.C2H6/c1-6(5-8)3-7(2,9)4-6;1-2/h9H,3-4H2,1-2H3;1-2H3. The zero-order chi connectivity index (χ0) is 9.12. The van der Waals surface area contributed by atoms with Gasteiger partial charge in [-0.05, 0) is 26.7 Å². The van der Waals surface area contributed by atoms with E-state index in [1.165, 1.54) is 0 Å². The fourth-order valence-electron chi connectivity index (χ4n) is 1.71.